The first-order valence-corrected chi connectivity index (χ1v) is 5.77. The SMILES string of the molecule is CN(CC1CCCOC1)CC(C)(N)C(N)=O. The summed E-state index contributed by atoms with van der Waals surface area (Å²) in [7, 11) is 1.96. The maximum absolute atomic E-state index is 11.1. The predicted octanol–water partition coefficient (Wildman–Crippen LogP) is -0.452. The quantitative estimate of drug-likeness (QED) is 0.669. The Balaban J connectivity index is 2.34. The minimum Gasteiger partial charge on any atom is -0.381 e. The van der Waals surface area contributed by atoms with Crippen LogP contribution in [0.2, 0.25) is 0 Å². The van der Waals surface area contributed by atoms with E-state index in [-0.39, 0.29) is 0 Å². The number of primary amides is 1. The molecule has 1 saturated heterocycles. The van der Waals surface area contributed by atoms with Gasteiger partial charge in [0.05, 0.1) is 6.61 Å². The molecule has 2 unspecified atom stereocenters. The molecular formula is C11H23N3O2. The Hall–Kier alpha value is -0.650. The molecule has 0 spiro atoms. The van der Waals surface area contributed by atoms with E-state index >= 15 is 0 Å². The third-order valence-corrected chi connectivity index (χ3v) is 2.99. The fourth-order valence-electron chi connectivity index (χ4n) is 2.10. The molecule has 16 heavy (non-hydrogen) atoms. The maximum atomic E-state index is 11.1. The molecule has 0 saturated carbocycles. The fourth-order valence-corrected chi connectivity index (χ4v) is 2.10. The van der Waals surface area contributed by atoms with Gasteiger partial charge >= 0.3 is 0 Å². The predicted molar refractivity (Wildman–Crippen MR) is 62.8 cm³/mol. The third-order valence-electron chi connectivity index (χ3n) is 2.99. The van der Waals surface area contributed by atoms with Crippen LogP contribution in [-0.4, -0.2) is 49.7 Å². The van der Waals surface area contributed by atoms with Crippen LogP contribution in [0.1, 0.15) is 19.8 Å². The van der Waals surface area contributed by atoms with E-state index in [9.17, 15) is 4.79 Å². The number of carbonyl (C=O) groups is 1. The third kappa shape index (κ3) is 4.08. The highest BCUT2D eigenvalue weighted by molar-refractivity contribution is 5.84. The molecule has 0 aromatic carbocycles. The standard InChI is InChI=1S/C11H23N3O2/c1-11(13,10(12)15)8-14(2)6-9-4-3-5-16-7-9/h9H,3-8,13H2,1-2H3,(H2,12,15). The number of ether oxygens (including phenoxy) is 1. The van der Waals surface area contributed by atoms with Crippen LogP contribution in [0, 0.1) is 5.92 Å². The Labute approximate surface area is 97.1 Å². The molecule has 0 radical (unpaired) electrons. The smallest absolute Gasteiger partial charge is 0.238 e. The van der Waals surface area contributed by atoms with Gasteiger partial charge in [-0.1, -0.05) is 0 Å². The molecular weight excluding hydrogens is 206 g/mol. The molecule has 4 N–H and O–H groups in total. The van der Waals surface area contributed by atoms with E-state index in [1.807, 2.05) is 7.05 Å². The molecule has 1 amide bonds. The van der Waals surface area contributed by atoms with E-state index < -0.39 is 11.4 Å². The van der Waals surface area contributed by atoms with Crippen LogP contribution >= 0.6 is 0 Å². The summed E-state index contributed by atoms with van der Waals surface area (Å²) in [6, 6.07) is 0. The van der Waals surface area contributed by atoms with E-state index in [4.69, 9.17) is 16.2 Å². The summed E-state index contributed by atoms with van der Waals surface area (Å²) in [6.45, 7) is 4.74. The topological polar surface area (TPSA) is 81.6 Å². The van der Waals surface area contributed by atoms with E-state index in [1.54, 1.807) is 6.92 Å². The number of carbonyl (C=O) groups excluding carboxylic acids is 1. The maximum Gasteiger partial charge on any atom is 0.238 e. The Bertz CT molecular complexity index is 237. The summed E-state index contributed by atoms with van der Waals surface area (Å²) < 4.78 is 5.41. The van der Waals surface area contributed by atoms with Gasteiger partial charge < -0.3 is 21.1 Å². The normalized spacial score (nSPS) is 25.4. The number of nitrogens with zero attached hydrogens (tertiary/aromatic N) is 1. The highest BCUT2D eigenvalue weighted by Gasteiger charge is 2.28. The molecule has 0 aliphatic carbocycles. The van der Waals surface area contributed by atoms with Crippen molar-refractivity contribution in [2.75, 3.05) is 33.4 Å². The number of rotatable bonds is 5. The van der Waals surface area contributed by atoms with Gasteiger partial charge in [-0.3, -0.25) is 4.79 Å². The number of hydrogen-bond acceptors (Lipinski definition) is 4. The minimum absolute atomic E-state index is 0.459. The van der Waals surface area contributed by atoms with E-state index in [0.717, 1.165) is 26.2 Å². The number of amides is 1. The number of hydrogen-bond donors (Lipinski definition) is 2. The molecule has 1 aliphatic rings. The van der Waals surface area contributed by atoms with Crippen LogP contribution in [-0.2, 0) is 9.53 Å². The molecule has 0 bridgehead atoms. The highest BCUT2D eigenvalue weighted by atomic mass is 16.5. The van der Waals surface area contributed by atoms with Gasteiger partial charge in [0.1, 0.15) is 5.54 Å². The van der Waals surface area contributed by atoms with Crippen LogP contribution in [0.15, 0.2) is 0 Å². The molecule has 0 aromatic rings. The van der Waals surface area contributed by atoms with Gasteiger partial charge in [0.25, 0.3) is 0 Å². The van der Waals surface area contributed by atoms with E-state index in [2.05, 4.69) is 4.90 Å². The molecule has 1 fully saturated rings. The Morgan fingerprint density at radius 1 is 1.62 bits per heavy atom. The first-order valence-electron chi connectivity index (χ1n) is 5.77. The van der Waals surface area contributed by atoms with E-state index in [0.29, 0.717) is 12.5 Å². The van der Waals surface area contributed by atoms with Crippen molar-refractivity contribution in [2.45, 2.75) is 25.3 Å². The van der Waals surface area contributed by atoms with Crippen LogP contribution in [0.3, 0.4) is 0 Å². The fraction of sp³-hybridized carbons (Fsp3) is 0.909. The zero-order valence-corrected chi connectivity index (χ0v) is 10.2. The van der Waals surface area contributed by atoms with Gasteiger partial charge in [0, 0.05) is 19.7 Å². The summed E-state index contributed by atoms with van der Waals surface area (Å²) in [5.74, 6) is 0.0849. The number of nitrogens with two attached hydrogens (primary N) is 2. The van der Waals surface area contributed by atoms with Crippen LogP contribution in [0.5, 0.6) is 0 Å². The van der Waals surface area contributed by atoms with Crippen molar-refractivity contribution in [3.8, 4) is 0 Å². The van der Waals surface area contributed by atoms with Crippen molar-refractivity contribution < 1.29 is 9.53 Å². The van der Waals surface area contributed by atoms with Crippen molar-refractivity contribution in [2.24, 2.45) is 17.4 Å². The van der Waals surface area contributed by atoms with E-state index in [1.165, 1.54) is 6.42 Å². The van der Waals surface area contributed by atoms with Crippen LogP contribution in [0.25, 0.3) is 0 Å². The van der Waals surface area contributed by atoms with Gasteiger partial charge in [0.2, 0.25) is 5.91 Å². The van der Waals surface area contributed by atoms with Gasteiger partial charge in [-0.15, -0.1) is 0 Å². The Morgan fingerprint density at radius 2 is 2.31 bits per heavy atom. The number of likely N-dealkylation sites (N-methyl/N-ethyl adjacent to an activating group) is 1. The summed E-state index contributed by atoms with van der Waals surface area (Å²) in [5.41, 5.74) is 10.1. The lowest BCUT2D eigenvalue weighted by Crippen LogP contribution is -2.56. The lowest BCUT2D eigenvalue weighted by Gasteiger charge is -2.31. The minimum atomic E-state index is -0.954. The second-order valence-corrected chi connectivity index (χ2v) is 5.06. The monoisotopic (exact) mass is 229 g/mol. The van der Waals surface area contributed by atoms with Gasteiger partial charge in [0.15, 0.2) is 0 Å². The largest absolute Gasteiger partial charge is 0.381 e. The van der Waals surface area contributed by atoms with Gasteiger partial charge in [-0.05, 0) is 32.7 Å². The van der Waals surface area contributed by atoms with Crippen LogP contribution in [0.4, 0.5) is 0 Å². The lowest BCUT2D eigenvalue weighted by molar-refractivity contribution is -0.123. The first kappa shape index (κ1) is 13.4. The Kier molecular flexibility index (Phi) is 4.70. The molecule has 5 heteroatoms. The van der Waals surface area contributed by atoms with Crippen molar-refractivity contribution in [1.82, 2.24) is 4.90 Å². The Morgan fingerprint density at radius 3 is 2.81 bits per heavy atom. The average molecular weight is 229 g/mol. The van der Waals surface area contributed by atoms with Crippen LogP contribution < -0.4 is 11.5 Å². The lowest BCUT2D eigenvalue weighted by atomic mass is 9.99. The van der Waals surface area contributed by atoms with Crippen molar-refractivity contribution in [3.63, 3.8) is 0 Å². The average Bonchev–Trinajstić information content (AvgIpc) is 2.17. The summed E-state index contributed by atoms with van der Waals surface area (Å²) >= 11 is 0. The first-order chi connectivity index (χ1) is 7.42. The molecule has 1 aliphatic heterocycles. The molecule has 1 heterocycles. The molecule has 2 atom stereocenters. The van der Waals surface area contributed by atoms with Gasteiger partial charge in [-0.2, -0.15) is 0 Å². The summed E-state index contributed by atoms with van der Waals surface area (Å²) in [6.07, 6.45) is 2.30. The second kappa shape index (κ2) is 5.61. The summed E-state index contributed by atoms with van der Waals surface area (Å²) in [4.78, 5) is 13.2. The molecule has 5 nitrogen and oxygen atoms in total. The van der Waals surface area contributed by atoms with Crippen molar-refractivity contribution in [1.29, 1.82) is 0 Å². The van der Waals surface area contributed by atoms with Crippen molar-refractivity contribution in [3.05, 3.63) is 0 Å². The summed E-state index contributed by atoms with van der Waals surface area (Å²) in [5, 5.41) is 0. The molecule has 1 rings (SSSR count). The second-order valence-electron chi connectivity index (χ2n) is 5.06. The van der Waals surface area contributed by atoms with Gasteiger partial charge in [-0.25, -0.2) is 0 Å². The zero-order valence-electron chi connectivity index (χ0n) is 10.2. The molecule has 94 valence electrons. The van der Waals surface area contributed by atoms with Crippen molar-refractivity contribution >= 4 is 5.91 Å². The zero-order chi connectivity index (χ0) is 12.2. The molecule has 0 aromatic heterocycles. The highest BCUT2D eigenvalue weighted by Crippen LogP contribution is 2.15.